The molecule has 0 spiro atoms. The molecule has 0 radical (unpaired) electrons. The fourth-order valence-electron chi connectivity index (χ4n) is 1.23. The van der Waals surface area contributed by atoms with E-state index in [0.717, 1.165) is 11.3 Å². The summed E-state index contributed by atoms with van der Waals surface area (Å²) in [5.74, 6) is -0.0852. The Kier molecular flexibility index (Phi) is 2.73. The fourth-order valence-corrected chi connectivity index (χ4v) is 1.69. The maximum absolute atomic E-state index is 11.3. The number of hydrogen-bond donors (Lipinski definition) is 1. The van der Waals surface area contributed by atoms with E-state index >= 15 is 0 Å². The summed E-state index contributed by atoms with van der Waals surface area (Å²) in [5, 5.41) is 8.39. The van der Waals surface area contributed by atoms with Gasteiger partial charge in [0.1, 0.15) is 5.69 Å². The Morgan fingerprint density at radius 1 is 1.33 bits per heavy atom. The topological polar surface area (TPSA) is 54.9 Å². The maximum atomic E-state index is 11.3. The van der Waals surface area contributed by atoms with Crippen molar-refractivity contribution in [2.24, 2.45) is 0 Å². The molecule has 0 bridgehead atoms. The summed E-state index contributed by atoms with van der Waals surface area (Å²) in [6.45, 7) is 0. The second-order valence-electron chi connectivity index (χ2n) is 2.95. The Morgan fingerprint density at radius 2 is 2.07 bits per heavy atom. The standard InChI is InChI=1S/C10H9N3OS/c1-11-10(14)8-4-2-7(3-5-8)9-6-15-13-12-9/h2-6H,1H3,(H,11,14). The number of amides is 1. The number of rotatable bonds is 2. The number of nitrogens with one attached hydrogen (secondary N) is 1. The van der Waals surface area contributed by atoms with Gasteiger partial charge in [-0.05, 0) is 23.7 Å². The third-order valence-corrected chi connectivity index (χ3v) is 2.53. The van der Waals surface area contributed by atoms with Crippen molar-refractivity contribution in [3.05, 3.63) is 35.2 Å². The Morgan fingerprint density at radius 3 is 2.60 bits per heavy atom. The lowest BCUT2D eigenvalue weighted by Crippen LogP contribution is -2.17. The number of hydrogen-bond acceptors (Lipinski definition) is 4. The van der Waals surface area contributed by atoms with Gasteiger partial charge in [-0.3, -0.25) is 4.79 Å². The van der Waals surface area contributed by atoms with E-state index in [2.05, 4.69) is 14.9 Å². The van der Waals surface area contributed by atoms with E-state index in [1.807, 2.05) is 17.5 Å². The summed E-state index contributed by atoms with van der Waals surface area (Å²) in [7, 11) is 1.61. The normalized spacial score (nSPS) is 9.93. The van der Waals surface area contributed by atoms with E-state index in [-0.39, 0.29) is 5.91 Å². The average molecular weight is 219 g/mol. The van der Waals surface area contributed by atoms with Crippen LogP contribution in [0.2, 0.25) is 0 Å². The molecule has 1 aromatic heterocycles. The lowest BCUT2D eigenvalue weighted by atomic mass is 10.1. The monoisotopic (exact) mass is 219 g/mol. The van der Waals surface area contributed by atoms with Crippen molar-refractivity contribution in [2.75, 3.05) is 7.05 Å². The third kappa shape index (κ3) is 2.02. The molecular formula is C10H9N3OS. The molecule has 4 nitrogen and oxygen atoms in total. The van der Waals surface area contributed by atoms with E-state index in [1.165, 1.54) is 11.5 Å². The molecule has 0 aliphatic carbocycles. The molecule has 0 fully saturated rings. The largest absolute Gasteiger partial charge is 0.355 e. The van der Waals surface area contributed by atoms with Crippen LogP contribution in [0.4, 0.5) is 0 Å². The fraction of sp³-hybridized carbons (Fsp3) is 0.100. The Hall–Kier alpha value is -1.75. The van der Waals surface area contributed by atoms with E-state index in [4.69, 9.17) is 0 Å². The molecule has 1 heterocycles. The van der Waals surface area contributed by atoms with E-state index < -0.39 is 0 Å². The van der Waals surface area contributed by atoms with Gasteiger partial charge in [0.15, 0.2) is 0 Å². The number of benzene rings is 1. The summed E-state index contributed by atoms with van der Waals surface area (Å²) < 4.78 is 3.78. The Bertz CT molecular complexity index is 450. The van der Waals surface area contributed by atoms with Crippen LogP contribution in [0.15, 0.2) is 29.6 Å². The maximum Gasteiger partial charge on any atom is 0.251 e. The highest BCUT2D eigenvalue weighted by atomic mass is 32.1. The van der Waals surface area contributed by atoms with Crippen molar-refractivity contribution in [1.29, 1.82) is 0 Å². The summed E-state index contributed by atoms with van der Waals surface area (Å²) in [6, 6.07) is 7.27. The zero-order valence-electron chi connectivity index (χ0n) is 8.10. The quantitative estimate of drug-likeness (QED) is 0.834. The minimum absolute atomic E-state index is 0.0852. The number of aromatic nitrogens is 2. The highest BCUT2D eigenvalue weighted by molar-refractivity contribution is 7.03. The second kappa shape index (κ2) is 4.18. The SMILES string of the molecule is CNC(=O)c1ccc(-c2csnn2)cc1. The van der Waals surface area contributed by atoms with Crippen LogP contribution in [-0.2, 0) is 0 Å². The molecule has 0 aliphatic rings. The van der Waals surface area contributed by atoms with Crippen LogP contribution in [0.25, 0.3) is 11.3 Å². The molecule has 0 saturated heterocycles. The van der Waals surface area contributed by atoms with Crippen LogP contribution in [-0.4, -0.2) is 22.5 Å². The van der Waals surface area contributed by atoms with Gasteiger partial charge in [0, 0.05) is 23.6 Å². The first-order valence-corrected chi connectivity index (χ1v) is 5.24. The lowest BCUT2D eigenvalue weighted by Gasteiger charge is -2.00. The molecule has 2 aromatic rings. The smallest absolute Gasteiger partial charge is 0.251 e. The number of carbonyl (C=O) groups is 1. The van der Waals surface area contributed by atoms with Gasteiger partial charge in [0.25, 0.3) is 5.91 Å². The predicted molar refractivity (Wildman–Crippen MR) is 58.7 cm³/mol. The molecule has 2 rings (SSSR count). The van der Waals surface area contributed by atoms with Crippen LogP contribution in [0.5, 0.6) is 0 Å². The van der Waals surface area contributed by atoms with Crippen LogP contribution in [0.3, 0.4) is 0 Å². The summed E-state index contributed by atoms with van der Waals surface area (Å²) in [5.41, 5.74) is 2.45. The highest BCUT2D eigenvalue weighted by Crippen LogP contribution is 2.17. The molecule has 0 atom stereocenters. The van der Waals surface area contributed by atoms with Gasteiger partial charge >= 0.3 is 0 Å². The third-order valence-electron chi connectivity index (χ3n) is 2.03. The van der Waals surface area contributed by atoms with Crippen molar-refractivity contribution < 1.29 is 4.79 Å². The molecule has 1 N–H and O–H groups in total. The van der Waals surface area contributed by atoms with Crippen LogP contribution < -0.4 is 5.32 Å². The molecule has 1 amide bonds. The summed E-state index contributed by atoms with van der Waals surface area (Å²) >= 11 is 1.31. The van der Waals surface area contributed by atoms with Gasteiger partial charge in [-0.25, -0.2) is 0 Å². The minimum atomic E-state index is -0.0852. The van der Waals surface area contributed by atoms with Crippen molar-refractivity contribution in [2.45, 2.75) is 0 Å². The first kappa shape index (κ1) is 9.79. The molecule has 76 valence electrons. The molecule has 0 aliphatic heterocycles. The van der Waals surface area contributed by atoms with Gasteiger partial charge in [0.05, 0.1) is 0 Å². The van der Waals surface area contributed by atoms with Crippen LogP contribution in [0.1, 0.15) is 10.4 Å². The number of carbonyl (C=O) groups excluding carboxylic acids is 1. The van der Waals surface area contributed by atoms with E-state index in [0.29, 0.717) is 5.56 Å². The second-order valence-corrected chi connectivity index (χ2v) is 3.56. The average Bonchev–Trinajstić information content (AvgIpc) is 2.82. The van der Waals surface area contributed by atoms with Gasteiger partial charge in [-0.1, -0.05) is 16.6 Å². The van der Waals surface area contributed by atoms with Gasteiger partial charge in [0.2, 0.25) is 0 Å². The summed E-state index contributed by atoms with van der Waals surface area (Å²) in [6.07, 6.45) is 0. The molecule has 5 heteroatoms. The van der Waals surface area contributed by atoms with Crippen molar-refractivity contribution in [1.82, 2.24) is 14.9 Å². The molecule has 0 unspecified atom stereocenters. The molecule has 0 saturated carbocycles. The van der Waals surface area contributed by atoms with Crippen molar-refractivity contribution >= 4 is 17.4 Å². The lowest BCUT2D eigenvalue weighted by molar-refractivity contribution is 0.0963. The molecular weight excluding hydrogens is 210 g/mol. The van der Waals surface area contributed by atoms with E-state index in [9.17, 15) is 4.79 Å². The van der Waals surface area contributed by atoms with Crippen LogP contribution >= 0.6 is 11.5 Å². The van der Waals surface area contributed by atoms with E-state index in [1.54, 1.807) is 19.2 Å². The van der Waals surface area contributed by atoms with Crippen molar-refractivity contribution in [3.63, 3.8) is 0 Å². The first-order chi connectivity index (χ1) is 7.31. The Balaban J connectivity index is 2.29. The Labute approximate surface area is 91.1 Å². The van der Waals surface area contributed by atoms with Crippen LogP contribution in [0, 0.1) is 0 Å². The van der Waals surface area contributed by atoms with Gasteiger partial charge in [-0.15, -0.1) is 5.10 Å². The highest BCUT2D eigenvalue weighted by Gasteiger charge is 2.04. The minimum Gasteiger partial charge on any atom is -0.355 e. The van der Waals surface area contributed by atoms with Gasteiger partial charge < -0.3 is 5.32 Å². The predicted octanol–water partition coefficient (Wildman–Crippen LogP) is 1.56. The first-order valence-electron chi connectivity index (χ1n) is 4.41. The summed E-state index contributed by atoms with van der Waals surface area (Å²) in [4.78, 5) is 11.3. The zero-order chi connectivity index (χ0) is 10.7. The zero-order valence-corrected chi connectivity index (χ0v) is 8.91. The van der Waals surface area contributed by atoms with Gasteiger partial charge in [-0.2, -0.15) is 0 Å². The molecule has 1 aromatic carbocycles. The number of nitrogens with zero attached hydrogens (tertiary/aromatic N) is 2. The molecule has 15 heavy (non-hydrogen) atoms. The van der Waals surface area contributed by atoms with Crippen molar-refractivity contribution in [3.8, 4) is 11.3 Å².